The van der Waals surface area contributed by atoms with Crippen molar-refractivity contribution >= 4 is 41.1 Å². The molecule has 2 aliphatic heterocycles. The number of carbonyl (C=O) groups is 5. The van der Waals surface area contributed by atoms with Crippen LogP contribution in [0.4, 0.5) is 0 Å². The first kappa shape index (κ1) is 20.7. The van der Waals surface area contributed by atoms with E-state index in [1.165, 1.54) is 4.90 Å². The first-order chi connectivity index (χ1) is 14.9. The van der Waals surface area contributed by atoms with Crippen molar-refractivity contribution in [3.63, 3.8) is 0 Å². The maximum atomic E-state index is 12.5. The highest BCUT2D eigenvalue weighted by molar-refractivity contribution is 6.27. The molecule has 0 saturated heterocycles. The van der Waals surface area contributed by atoms with Crippen LogP contribution in [0.1, 0.15) is 41.4 Å². The fourth-order valence-corrected chi connectivity index (χ4v) is 3.94. The number of carbonyl (C=O) groups excluding carboxylic acids is 5. The Labute approximate surface area is 183 Å². The van der Waals surface area contributed by atoms with E-state index in [9.17, 15) is 24.0 Å². The van der Waals surface area contributed by atoms with Gasteiger partial charge in [-0.25, -0.2) is 0 Å². The monoisotopic (exact) mass is 439 g/mol. The van der Waals surface area contributed by atoms with Crippen LogP contribution in [0.15, 0.2) is 48.5 Å². The number of fused-ring (bicyclic) bond motifs is 2. The van der Waals surface area contributed by atoms with E-state index in [4.69, 9.17) is 11.6 Å². The van der Waals surface area contributed by atoms with E-state index in [2.05, 4.69) is 0 Å². The van der Waals surface area contributed by atoms with Gasteiger partial charge in [-0.05, 0) is 24.3 Å². The third-order valence-corrected chi connectivity index (χ3v) is 5.64. The molecule has 5 amide bonds. The Hall–Kier alpha value is -3.52. The molecule has 0 N–H and O–H groups in total. The van der Waals surface area contributed by atoms with Crippen LogP contribution in [-0.4, -0.2) is 76.3 Å². The standard InChI is InChI=1S/C22H18ClN3O5/c23-13-18(27)24(9-11-25-19(28)14-5-1-2-6-15(14)20(25)29)10-12-26-21(30)16-7-3-4-8-17(16)22(26)31/h1-8H,9-13H2. The molecule has 8 nitrogen and oxygen atoms in total. The summed E-state index contributed by atoms with van der Waals surface area (Å²) in [5.41, 5.74) is 1.31. The van der Waals surface area contributed by atoms with Gasteiger partial charge in [-0.1, -0.05) is 24.3 Å². The zero-order valence-electron chi connectivity index (χ0n) is 16.4. The molecular weight excluding hydrogens is 422 g/mol. The lowest BCUT2D eigenvalue weighted by Crippen LogP contribution is -2.45. The molecule has 2 aromatic rings. The third-order valence-electron chi connectivity index (χ3n) is 5.41. The Morgan fingerprint density at radius 1 is 0.677 bits per heavy atom. The number of hydrogen-bond acceptors (Lipinski definition) is 5. The summed E-state index contributed by atoms with van der Waals surface area (Å²) in [5.74, 6) is -2.39. The molecule has 0 bridgehead atoms. The number of alkyl halides is 1. The molecule has 2 aliphatic rings. The zero-order valence-corrected chi connectivity index (χ0v) is 17.2. The van der Waals surface area contributed by atoms with Crippen molar-refractivity contribution in [2.45, 2.75) is 0 Å². The van der Waals surface area contributed by atoms with Crippen molar-refractivity contribution in [3.05, 3.63) is 70.8 Å². The lowest BCUT2D eigenvalue weighted by Gasteiger charge is -2.26. The van der Waals surface area contributed by atoms with Gasteiger partial charge < -0.3 is 4.90 Å². The predicted octanol–water partition coefficient (Wildman–Crippen LogP) is 1.65. The average Bonchev–Trinajstić information content (AvgIpc) is 3.19. The minimum absolute atomic E-state index is 0.0168. The van der Waals surface area contributed by atoms with Gasteiger partial charge in [0.25, 0.3) is 23.6 Å². The fourth-order valence-electron chi connectivity index (χ4n) is 3.77. The second-order valence-corrected chi connectivity index (χ2v) is 7.40. The van der Waals surface area contributed by atoms with Gasteiger partial charge >= 0.3 is 0 Å². The molecule has 9 heteroatoms. The Kier molecular flexibility index (Phi) is 5.56. The number of imide groups is 2. The summed E-state index contributed by atoms with van der Waals surface area (Å²) in [4.78, 5) is 65.9. The van der Waals surface area contributed by atoms with Gasteiger partial charge in [0, 0.05) is 26.2 Å². The molecule has 0 fully saturated rings. The average molecular weight is 440 g/mol. The third kappa shape index (κ3) is 3.59. The van der Waals surface area contributed by atoms with E-state index < -0.39 is 29.5 Å². The van der Waals surface area contributed by atoms with Crippen LogP contribution in [0, 0.1) is 0 Å². The highest BCUT2D eigenvalue weighted by Gasteiger charge is 2.37. The first-order valence-electron chi connectivity index (χ1n) is 9.68. The molecule has 2 aromatic carbocycles. The molecule has 158 valence electrons. The van der Waals surface area contributed by atoms with Gasteiger partial charge in [0.05, 0.1) is 22.3 Å². The second kappa shape index (κ2) is 8.31. The highest BCUT2D eigenvalue weighted by atomic mass is 35.5. The van der Waals surface area contributed by atoms with Crippen LogP contribution >= 0.6 is 11.6 Å². The second-order valence-electron chi connectivity index (χ2n) is 7.13. The number of benzene rings is 2. The number of rotatable bonds is 7. The minimum atomic E-state index is -0.421. The molecular formula is C22H18ClN3O5. The van der Waals surface area contributed by atoms with Crippen molar-refractivity contribution in [1.29, 1.82) is 0 Å². The lowest BCUT2D eigenvalue weighted by atomic mass is 10.1. The molecule has 0 atom stereocenters. The van der Waals surface area contributed by atoms with E-state index in [0.29, 0.717) is 22.3 Å². The fraction of sp³-hybridized carbons (Fsp3) is 0.227. The summed E-state index contributed by atoms with van der Waals surface area (Å²) in [6.45, 7) is 0.0502. The van der Waals surface area contributed by atoms with Crippen LogP contribution in [0.3, 0.4) is 0 Å². The summed E-state index contributed by atoms with van der Waals surface area (Å²) in [6.07, 6.45) is 0. The van der Waals surface area contributed by atoms with Gasteiger partial charge in [-0.15, -0.1) is 11.6 Å². The Morgan fingerprint density at radius 3 is 1.29 bits per heavy atom. The van der Waals surface area contributed by atoms with Gasteiger partial charge in [-0.3, -0.25) is 33.8 Å². The first-order valence-corrected chi connectivity index (χ1v) is 10.2. The zero-order chi connectivity index (χ0) is 22.1. The van der Waals surface area contributed by atoms with Crippen molar-refractivity contribution in [2.24, 2.45) is 0 Å². The van der Waals surface area contributed by atoms with Gasteiger partial charge in [-0.2, -0.15) is 0 Å². The van der Waals surface area contributed by atoms with Gasteiger partial charge in [0.15, 0.2) is 0 Å². The molecule has 0 radical (unpaired) electrons. The van der Waals surface area contributed by atoms with Gasteiger partial charge in [0.1, 0.15) is 5.88 Å². The number of hydrogen-bond donors (Lipinski definition) is 0. The Bertz CT molecular complexity index is 966. The molecule has 0 unspecified atom stereocenters. The van der Waals surface area contributed by atoms with Crippen LogP contribution in [-0.2, 0) is 4.79 Å². The molecule has 0 spiro atoms. The molecule has 0 aromatic heterocycles. The summed E-state index contributed by atoms with van der Waals surface area (Å²) in [7, 11) is 0. The molecule has 0 saturated carbocycles. The molecule has 2 heterocycles. The Balaban J connectivity index is 1.42. The van der Waals surface area contributed by atoms with Crippen molar-refractivity contribution in [2.75, 3.05) is 32.1 Å². The minimum Gasteiger partial charge on any atom is -0.338 e. The van der Waals surface area contributed by atoms with Crippen LogP contribution in [0.5, 0.6) is 0 Å². The summed E-state index contributed by atoms with van der Waals surface area (Å²) < 4.78 is 0. The molecule has 0 aliphatic carbocycles. The molecule has 4 rings (SSSR count). The van der Waals surface area contributed by atoms with Crippen LogP contribution in [0.2, 0.25) is 0 Å². The number of nitrogens with zero attached hydrogens (tertiary/aromatic N) is 3. The maximum Gasteiger partial charge on any atom is 0.261 e. The largest absolute Gasteiger partial charge is 0.338 e. The summed E-state index contributed by atoms with van der Waals surface area (Å²) in [6, 6.07) is 13.0. The normalized spacial score (nSPS) is 14.9. The summed E-state index contributed by atoms with van der Waals surface area (Å²) >= 11 is 5.71. The van der Waals surface area contributed by atoms with Crippen molar-refractivity contribution in [1.82, 2.24) is 14.7 Å². The smallest absolute Gasteiger partial charge is 0.261 e. The number of amides is 5. The summed E-state index contributed by atoms with van der Waals surface area (Å²) in [5, 5.41) is 0. The highest BCUT2D eigenvalue weighted by Crippen LogP contribution is 2.23. The van der Waals surface area contributed by atoms with Crippen LogP contribution in [0.25, 0.3) is 0 Å². The lowest BCUT2D eigenvalue weighted by molar-refractivity contribution is -0.128. The van der Waals surface area contributed by atoms with E-state index in [1.807, 2.05) is 0 Å². The van der Waals surface area contributed by atoms with Gasteiger partial charge in [0.2, 0.25) is 5.91 Å². The van der Waals surface area contributed by atoms with E-state index >= 15 is 0 Å². The maximum absolute atomic E-state index is 12.5. The SMILES string of the molecule is O=C(CCl)N(CCN1C(=O)c2ccccc2C1=O)CCN1C(=O)c2ccccc2C1=O. The Morgan fingerprint density at radius 2 is 1.00 bits per heavy atom. The van der Waals surface area contributed by atoms with E-state index in [1.54, 1.807) is 48.5 Å². The van der Waals surface area contributed by atoms with E-state index in [0.717, 1.165) is 9.80 Å². The topological polar surface area (TPSA) is 95.1 Å². The quantitative estimate of drug-likeness (QED) is 0.483. The van der Waals surface area contributed by atoms with E-state index in [-0.39, 0.29) is 32.1 Å². The molecule has 31 heavy (non-hydrogen) atoms. The van der Waals surface area contributed by atoms with Crippen LogP contribution < -0.4 is 0 Å². The van der Waals surface area contributed by atoms with Crippen molar-refractivity contribution < 1.29 is 24.0 Å². The predicted molar refractivity (Wildman–Crippen MR) is 111 cm³/mol. The number of halogens is 1. The van der Waals surface area contributed by atoms with Crippen molar-refractivity contribution in [3.8, 4) is 0 Å².